The Kier molecular flexibility index (Phi) is 10.1. The molecule has 3 nitrogen and oxygen atoms in total. The Hall–Kier alpha value is -7.49. The Morgan fingerprint density at radius 2 is 0.833 bits per heavy atom. The van der Waals surface area contributed by atoms with Gasteiger partial charge in [0.25, 0.3) is 0 Å². The number of hydrogen-bond acceptors (Lipinski definition) is 3. The lowest BCUT2D eigenvalue weighted by Gasteiger charge is -2.30. The van der Waals surface area contributed by atoms with Crippen LogP contribution in [0.1, 0.15) is 36.1 Å². The number of hydrogen-bond donors (Lipinski definition) is 0. The number of aromatic nitrogens is 1. The molecular formula is C57H43N3. The molecule has 1 aromatic heterocycles. The molecule has 0 amide bonds. The van der Waals surface area contributed by atoms with E-state index in [1.54, 1.807) is 0 Å². The van der Waals surface area contributed by atoms with Crippen LogP contribution in [0.3, 0.4) is 0 Å². The first-order valence-electron chi connectivity index (χ1n) is 20.8. The predicted molar refractivity (Wildman–Crippen MR) is 251 cm³/mol. The van der Waals surface area contributed by atoms with E-state index < -0.39 is 0 Å². The van der Waals surface area contributed by atoms with Crippen molar-refractivity contribution in [2.45, 2.75) is 19.4 Å². The minimum Gasteiger partial charge on any atom is -0.257 e. The lowest BCUT2D eigenvalue weighted by atomic mass is 9.83. The van der Waals surface area contributed by atoms with E-state index in [4.69, 9.17) is 15.0 Å². The summed E-state index contributed by atoms with van der Waals surface area (Å²) in [6, 6.07) is 77.6. The van der Waals surface area contributed by atoms with Crippen molar-refractivity contribution in [1.29, 1.82) is 0 Å². The Morgan fingerprint density at radius 3 is 1.33 bits per heavy atom. The average Bonchev–Trinajstić information content (AvgIpc) is 3.34. The number of amidine groups is 1. The van der Waals surface area contributed by atoms with Gasteiger partial charge in [-0.2, -0.15) is 0 Å². The maximum Gasteiger partial charge on any atom is 0.155 e. The van der Waals surface area contributed by atoms with E-state index in [9.17, 15) is 0 Å². The maximum absolute atomic E-state index is 5.34. The summed E-state index contributed by atoms with van der Waals surface area (Å²) < 4.78 is 0. The largest absolute Gasteiger partial charge is 0.257 e. The molecule has 2 heterocycles. The Morgan fingerprint density at radius 1 is 0.383 bits per heavy atom. The second kappa shape index (κ2) is 16.4. The van der Waals surface area contributed by atoms with Crippen molar-refractivity contribution in [3.63, 3.8) is 0 Å². The number of pyridine rings is 1. The van der Waals surface area contributed by atoms with Crippen molar-refractivity contribution >= 4 is 22.3 Å². The molecule has 1 aliphatic heterocycles. The first kappa shape index (κ1) is 36.8. The standard InChI is InChI=1S/C57H43N3/c1-2-48-55(44-21-11-5-12-22-44)59-57(60-56(48)45-23-13-6-14-24-45)46-35-33-41(34-36-46)50-26-16-27-51-49(25-15-28-52(50)51)40-31-29-39(30-32-40)47-37-53(42-17-7-3-8-18-42)58-54(38-47)43-19-9-4-10-20-43/h3-38,48,55H,2H2,1H3. The van der Waals surface area contributed by atoms with Gasteiger partial charge in [0.05, 0.1) is 23.1 Å². The highest BCUT2D eigenvalue weighted by Crippen LogP contribution is 2.39. The third-order valence-electron chi connectivity index (χ3n) is 11.7. The smallest absolute Gasteiger partial charge is 0.155 e. The minimum absolute atomic E-state index is 0.00707. The van der Waals surface area contributed by atoms with Crippen LogP contribution in [-0.2, 0) is 0 Å². The summed E-state index contributed by atoms with van der Waals surface area (Å²) >= 11 is 0. The summed E-state index contributed by atoms with van der Waals surface area (Å²) in [6.45, 7) is 2.24. The molecule has 0 spiro atoms. The normalized spacial score (nSPS) is 15.0. The summed E-state index contributed by atoms with van der Waals surface area (Å²) in [5.74, 6) is 0.969. The molecule has 286 valence electrons. The van der Waals surface area contributed by atoms with Crippen LogP contribution in [0.25, 0.3) is 66.7 Å². The molecule has 60 heavy (non-hydrogen) atoms. The van der Waals surface area contributed by atoms with Gasteiger partial charge < -0.3 is 0 Å². The van der Waals surface area contributed by atoms with Crippen molar-refractivity contribution in [3.8, 4) is 55.9 Å². The zero-order valence-electron chi connectivity index (χ0n) is 33.5. The van der Waals surface area contributed by atoms with Gasteiger partial charge in [-0.15, -0.1) is 0 Å². The van der Waals surface area contributed by atoms with Crippen molar-refractivity contribution in [2.75, 3.05) is 0 Å². The van der Waals surface area contributed by atoms with Crippen LogP contribution >= 0.6 is 0 Å². The molecule has 2 unspecified atom stereocenters. The van der Waals surface area contributed by atoms with Crippen LogP contribution in [0, 0.1) is 5.92 Å². The molecule has 0 aliphatic carbocycles. The molecule has 10 rings (SSSR count). The molecule has 8 aromatic carbocycles. The molecule has 3 heteroatoms. The first-order chi connectivity index (χ1) is 29.7. The monoisotopic (exact) mass is 769 g/mol. The third-order valence-corrected chi connectivity index (χ3v) is 11.7. The number of nitrogens with zero attached hydrogens (tertiary/aromatic N) is 3. The number of benzene rings is 8. The van der Waals surface area contributed by atoms with Crippen LogP contribution in [-0.4, -0.2) is 16.5 Å². The lowest BCUT2D eigenvalue weighted by molar-refractivity contribution is 0.532. The topological polar surface area (TPSA) is 37.6 Å². The van der Waals surface area contributed by atoms with Crippen LogP contribution in [0.15, 0.2) is 228 Å². The van der Waals surface area contributed by atoms with Gasteiger partial charge in [0, 0.05) is 22.6 Å². The van der Waals surface area contributed by atoms with Crippen LogP contribution in [0.5, 0.6) is 0 Å². The van der Waals surface area contributed by atoms with Gasteiger partial charge >= 0.3 is 0 Å². The van der Waals surface area contributed by atoms with Gasteiger partial charge in [-0.3, -0.25) is 4.99 Å². The molecule has 0 N–H and O–H groups in total. The molecule has 0 saturated carbocycles. The molecule has 0 radical (unpaired) electrons. The quantitative estimate of drug-likeness (QED) is 0.144. The summed E-state index contributed by atoms with van der Waals surface area (Å²) in [4.78, 5) is 15.7. The van der Waals surface area contributed by atoms with E-state index in [1.807, 2.05) is 12.1 Å². The summed E-state index contributed by atoms with van der Waals surface area (Å²) in [5.41, 5.74) is 15.7. The Bertz CT molecular complexity index is 2910. The fourth-order valence-corrected chi connectivity index (χ4v) is 8.66. The zero-order valence-corrected chi connectivity index (χ0v) is 33.5. The van der Waals surface area contributed by atoms with E-state index >= 15 is 0 Å². The van der Waals surface area contributed by atoms with Crippen molar-refractivity contribution in [3.05, 3.63) is 235 Å². The van der Waals surface area contributed by atoms with E-state index in [1.165, 1.54) is 33.0 Å². The van der Waals surface area contributed by atoms with Gasteiger partial charge in [0.15, 0.2) is 5.84 Å². The number of aliphatic imine (C=N–C) groups is 2. The molecule has 2 atom stereocenters. The predicted octanol–water partition coefficient (Wildman–Crippen LogP) is 14.6. The highest BCUT2D eigenvalue weighted by molar-refractivity contribution is 6.15. The fourth-order valence-electron chi connectivity index (χ4n) is 8.66. The molecular weight excluding hydrogens is 727 g/mol. The molecule has 1 aliphatic rings. The zero-order chi connectivity index (χ0) is 40.3. The van der Waals surface area contributed by atoms with Crippen molar-refractivity contribution < 1.29 is 0 Å². The molecule has 0 fully saturated rings. The van der Waals surface area contributed by atoms with E-state index in [0.29, 0.717) is 0 Å². The van der Waals surface area contributed by atoms with Crippen LogP contribution < -0.4 is 0 Å². The SMILES string of the molecule is CCC1C(c2ccccc2)=NC(c2ccc(-c3cccc4c(-c5ccc(-c6cc(-c7ccccc7)nc(-c7ccccc7)c6)cc5)cccc34)cc2)=NC1c1ccccc1. The van der Waals surface area contributed by atoms with E-state index in [-0.39, 0.29) is 12.0 Å². The fraction of sp³-hybridized carbons (Fsp3) is 0.0702. The Labute approximate surface area is 352 Å². The highest BCUT2D eigenvalue weighted by Gasteiger charge is 2.31. The third kappa shape index (κ3) is 7.27. The maximum atomic E-state index is 5.34. The molecule has 0 saturated heterocycles. The number of fused-ring (bicyclic) bond motifs is 1. The summed E-state index contributed by atoms with van der Waals surface area (Å²) in [7, 11) is 0. The van der Waals surface area contributed by atoms with Gasteiger partial charge in [-0.1, -0.05) is 213 Å². The first-order valence-corrected chi connectivity index (χ1v) is 20.8. The van der Waals surface area contributed by atoms with Crippen LogP contribution in [0.4, 0.5) is 0 Å². The average molecular weight is 770 g/mol. The van der Waals surface area contributed by atoms with Gasteiger partial charge in [-0.25, -0.2) is 9.98 Å². The van der Waals surface area contributed by atoms with E-state index in [2.05, 4.69) is 213 Å². The van der Waals surface area contributed by atoms with Crippen molar-refractivity contribution in [1.82, 2.24) is 4.98 Å². The Balaban J connectivity index is 0.978. The summed E-state index contributed by atoms with van der Waals surface area (Å²) in [6.07, 6.45) is 0.951. The second-order valence-corrected chi connectivity index (χ2v) is 15.4. The summed E-state index contributed by atoms with van der Waals surface area (Å²) in [5, 5.41) is 2.44. The van der Waals surface area contributed by atoms with E-state index in [0.717, 1.165) is 68.3 Å². The lowest BCUT2D eigenvalue weighted by Crippen LogP contribution is -2.28. The van der Waals surface area contributed by atoms with Crippen molar-refractivity contribution in [2.24, 2.45) is 15.9 Å². The highest BCUT2D eigenvalue weighted by atomic mass is 15.0. The van der Waals surface area contributed by atoms with Gasteiger partial charge in [0.1, 0.15) is 0 Å². The molecule has 9 aromatic rings. The minimum atomic E-state index is -0.00707. The second-order valence-electron chi connectivity index (χ2n) is 15.4. The molecule has 0 bridgehead atoms. The number of rotatable bonds is 9. The van der Waals surface area contributed by atoms with Crippen LogP contribution in [0.2, 0.25) is 0 Å². The van der Waals surface area contributed by atoms with Gasteiger partial charge in [0.2, 0.25) is 0 Å². The van der Waals surface area contributed by atoms with Gasteiger partial charge in [-0.05, 0) is 73.8 Å².